The van der Waals surface area contributed by atoms with Crippen LogP contribution in [0.1, 0.15) is 35.4 Å². The molecule has 0 saturated carbocycles. The smallest absolute Gasteiger partial charge is 0.119 e. The van der Waals surface area contributed by atoms with Crippen LogP contribution in [0.15, 0.2) is 48.5 Å². The molecular formula is C19H18N2O. The number of hydrogen-bond donors (Lipinski definition) is 0. The van der Waals surface area contributed by atoms with Crippen molar-refractivity contribution >= 4 is 0 Å². The zero-order valence-electron chi connectivity index (χ0n) is 12.6. The van der Waals surface area contributed by atoms with Crippen LogP contribution in [0.4, 0.5) is 0 Å². The molecule has 2 aromatic rings. The molecule has 0 bridgehead atoms. The Labute approximate surface area is 131 Å². The van der Waals surface area contributed by atoms with Gasteiger partial charge in [-0.2, -0.15) is 10.5 Å². The molecule has 0 N–H and O–H groups in total. The largest absolute Gasteiger partial charge is 0.494 e. The van der Waals surface area contributed by atoms with Crippen LogP contribution in [0.25, 0.3) is 0 Å². The lowest BCUT2D eigenvalue weighted by molar-refractivity contribution is 0.305. The van der Waals surface area contributed by atoms with Gasteiger partial charge < -0.3 is 4.74 Å². The first-order valence-electron chi connectivity index (χ1n) is 7.32. The average molecular weight is 290 g/mol. The minimum absolute atomic E-state index is 0.158. The zero-order valence-corrected chi connectivity index (χ0v) is 12.6. The second-order valence-corrected chi connectivity index (χ2v) is 5.22. The van der Waals surface area contributed by atoms with Crippen LogP contribution < -0.4 is 4.74 Å². The Morgan fingerprint density at radius 3 is 2.50 bits per heavy atom. The predicted molar refractivity (Wildman–Crippen MR) is 85.4 cm³/mol. The fraction of sp³-hybridized carbons (Fsp3) is 0.263. The highest BCUT2D eigenvalue weighted by atomic mass is 16.5. The Morgan fingerprint density at radius 1 is 1.09 bits per heavy atom. The van der Waals surface area contributed by atoms with Crippen LogP contribution in [0.5, 0.6) is 5.75 Å². The number of hydrogen-bond acceptors (Lipinski definition) is 3. The van der Waals surface area contributed by atoms with Crippen molar-refractivity contribution in [3.63, 3.8) is 0 Å². The number of benzene rings is 2. The second kappa shape index (κ2) is 7.86. The number of nitrogens with zero attached hydrogens (tertiary/aromatic N) is 2. The second-order valence-electron chi connectivity index (χ2n) is 5.22. The van der Waals surface area contributed by atoms with Gasteiger partial charge in [-0.25, -0.2) is 0 Å². The maximum absolute atomic E-state index is 9.30. The van der Waals surface area contributed by atoms with Crippen molar-refractivity contribution in [2.75, 3.05) is 6.61 Å². The zero-order chi connectivity index (χ0) is 15.8. The van der Waals surface area contributed by atoms with E-state index < -0.39 is 0 Å². The molecule has 0 fully saturated rings. The van der Waals surface area contributed by atoms with Gasteiger partial charge in [-0.3, -0.25) is 0 Å². The summed E-state index contributed by atoms with van der Waals surface area (Å²) >= 11 is 0. The van der Waals surface area contributed by atoms with Gasteiger partial charge in [0.2, 0.25) is 0 Å². The molecule has 0 aliphatic rings. The summed E-state index contributed by atoms with van der Waals surface area (Å²) in [7, 11) is 0. The summed E-state index contributed by atoms with van der Waals surface area (Å²) in [6, 6.07) is 19.6. The minimum Gasteiger partial charge on any atom is -0.494 e. The van der Waals surface area contributed by atoms with E-state index in [2.05, 4.69) is 12.1 Å². The SMILES string of the molecule is Cc1cccc(OCCCC(C#N)c2ccc(C#N)cc2)c1. The summed E-state index contributed by atoms with van der Waals surface area (Å²) in [5, 5.41) is 18.1. The minimum atomic E-state index is -0.158. The van der Waals surface area contributed by atoms with E-state index in [1.54, 1.807) is 12.1 Å². The van der Waals surface area contributed by atoms with Gasteiger partial charge in [-0.15, -0.1) is 0 Å². The summed E-state index contributed by atoms with van der Waals surface area (Å²) in [6.07, 6.45) is 1.56. The summed E-state index contributed by atoms with van der Waals surface area (Å²) in [6.45, 7) is 2.63. The van der Waals surface area contributed by atoms with Crippen LogP contribution in [0.3, 0.4) is 0 Å². The molecular weight excluding hydrogens is 272 g/mol. The van der Waals surface area contributed by atoms with Crippen LogP contribution in [0.2, 0.25) is 0 Å². The predicted octanol–water partition coefficient (Wildman–Crippen LogP) is 4.33. The molecule has 0 aliphatic heterocycles. The molecule has 0 aromatic heterocycles. The van der Waals surface area contributed by atoms with Crippen LogP contribution in [-0.4, -0.2) is 6.61 Å². The van der Waals surface area contributed by atoms with E-state index in [4.69, 9.17) is 10.00 Å². The molecule has 2 rings (SSSR count). The Kier molecular flexibility index (Phi) is 5.57. The first-order valence-corrected chi connectivity index (χ1v) is 7.32. The normalized spacial score (nSPS) is 11.2. The third-order valence-corrected chi connectivity index (χ3v) is 3.49. The Bertz CT molecular complexity index is 693. The Balaban J connectivity index is 1.84. The maximum Gasteiger partial charge on any atom is 0.119 e. The van der Waals surface area contributed by atoms with Gasteiger partial charge in [0.1, 0.15) is 5.75 Å². The van der Waals surface area contributed by atoms with Gasteiger partial charge in [0, 0.05) is 0 Å². The summed E-state index contributed by atoms with van der Waals surface area (Å²) in [5.74, 6) is 0.709. The van der Waals surface area contributed by atoms with Gasteiger partial charge >= 0.3 is 0 Å². The van der Waals surface area contributed by atoms with Gasteiger partial charge in [-0.1, -0.05) is 24.3 Å². The fourth-order valence-corrected chi connectivity index (χ4v) is 2.28. The molecule has 0 heterocycles. The quantitative estimate of drug-likeness (QED) is 0.744. The lowest BCUT2D eigenvalue weighted by Crippen LogP contribution is -2.02. The molecule has 0 spiro atoms. The van der Waals surface area contributed by atoms with Crippen LogP contribution in [-0.2, 0) is 0 Å². The molecule has 0 radical (unpaired) electrons. The van der Waals surface area contributed by atoms with E-state index in [-0.39, 0.29) is 5.92 Å². The molecule has 3 heteroatoms. The number of rotatable bonds is 6. The summed E-state index contributed by atoms with van der Waals surface area (Å²) < 4.78 is 5.70. The number of nitriles is 2. The molecule has 0 saturated heterocycles. The summed E-state index contributed by atoms with van der Waals surface area (Å²) in [4.78, 5) is 0. The number of ether oxygens (including phenoxy) is 1. The highest BCUT2D eigenvalue weighted by Crippen LogP contribution is 2.21. The van der Waals surface area contributed by atoms with Crippen molar-refractivity contribution in [2.24, 2.45) is 0 Å². The molecule has 0 amide bonds. The highest BCUT2D eigenvalue weighted by Gasteiger charge is 2.10. The first kappa shape index (κ1) is 15.6. The average Bonchev–Trinajstić information content (AvgIpc) is 2.55. The third kappa shape index (κ3) is 4.36. The monoisotopic (exact) mass is 290 g/mol. The number of aryl methyl sites for hydroxylation is 1. The van der Waals surface area contributed by atoms with Crippen LogP contribution >= 0.6 is 0 Å². The van der Waals surface area contributed by atoms with E-state index in [0.29, 0.717) is 12.2 Å². The molecule has 0 aliphatic carbocycles. The van der Waals surface area contributed by atoms with Gasteiger partial charge in [-0.05, 0) is 55.2 Å². The molecule has 2 aromatic carbocycles. The lowest BCUT2D eigenvalue weighted by Gasteiger charge is -2.10. The highest BCUT2D eigenvalue weighted by molar-refractivity contribution is 5.34. The van der Waals surface area contributed by atoms with Gasteiger partial charge in [0.25, 0.3) is 0 Å². The van der Waals surface area contributed by atoms with Gasteiger partial charge in [0.05, 0.1) is 30.2 Å². The lowest BCUT2D eigenvalue weighted by atomic mass is 9.95. The first-order chi connectivity index (χ1) is 10.7. The standard InChI is InChI=1S/C19H18N2O/c1-15-4-2-6-19(12-15)22-11-3-5-18(14-21)17-9-7-16(13-20)8-10-17/h2,4,6-10,12,18H,3,5,11H2,1H3. The van der Waals surface area contributed by atoms with Gasteiger partial charge in [0.15, 0.2) is 0 Å². The fourth-order valence-electron chi connectivity index (χ4n) is 2.28. The topological polar surface area (TPSA) is 56.8 Å². The maximum atomic E-state index is 9.30. The van der Waals surface area contributed by atoms with E-state index in [9.17, 15) is 5.26 Å². The van der Waals surface area contributed by atoms with Crippen LogP contribution in [0, 0.1) is 29.6 Å². The van der Waals surface area contributed by atoms with E-state index in [1.165, 1.54) is 5.56 Å². The molecule has 1 unspecified atom stereocenters. The Hall–Kier alpha value is -2.78. The third-order valence-electron chi connectivity index (χ3n) is 3.49. The van der Waals surface area contributed by atoms with Crippen molar-refractivity contribution in [3.05, 3.63) is 65.2 Å². The molecule has 22 heavy (non-hydrogen) atoms. The van der Waals surface area contributed by atoms with Crippen molar-refractivity contribution < 1.29 is 4.74 Å². The van der Waals surface area contributed by atoms with E-state index >= 15 is 0 Å². The van der Waals surface area contributed by atoms with Crippen molar-refractivity contribution in [1.29, 1.82) is 10.5 Å². The molecule has 3 nitrogen and oxygen atoms in total. The summed E-state index contributed by atoms with van der Waals surface area (Å²) in [5.41, 5.74) is 2.74. The Morgan fingerprint density at radius 2 is 1.86 bits per heavy atom. The molecule has 1 atom stereocenters. The van der Waals surface area contributed by atoms with Crippen molar-refractivity contribution in [2.45, 2.75) is 25.7 Å². The van der Waals surface area contributed by atoms with E-state index in [0.717, 1.165) is 24.2 Å². The molecule has 110 valence electrons. The van der Waals surface area contributed by atoms with E-state index in [1.807, 2.05) is 43.3 Å². The van der Waals surface area contributed by atoms with Crippen molar-refractivity contribution in [3.8, 4) is 17.9 Å². The van der Waals surface area contributed by atoms with Crippen molar-refractivity contribution in [1.82, 2.24) is 0 Å².